The lowest BCUT2D eigenvalue weighted by Gasteiger charge is -2.08. The highest BCUT2D eigenvalue weighted by molar-refractivity contribution is 5.89. The van der Waals surface area contributed by atoms with Crippen LogP contribution in [0.5, 0.6) is 0 Å². The molecule has 0 aliphatic carbocycles. The molecule has 1 N–H and O–H groups in total. The van der Waals surface area contributed by atoms with Gasteiger partial charge in [-0.2, -0.15) is 0 Å². The summed E-state index contributed by atoms with van der Waals surface area (Å²) in [6.45, 7) is 5.14. The van der Waals surface area contributed by atoms with Crippen LogP contribution in [0.15, 0.2) is 18.2 Å². The number of benzene rings is 1. The molecule has 1 aromatic carbocycles. The monoisotopic (exact) mass is 222 g/mol. The number of nitrogens with one attached hydrogen (secondary N) is 1. The van der Waals surface area contributed by atoms with E-state index in [4.69, 9.17) is 0 Å². The van der Waals surface area contributed by atoms with Gasteiger partial charge in [0.25, 0.3) is 5.69 Å². The van der Waals surface area contributed by atoms with E-state index >= 15 is 0 Å². The van der Waals surface area contributed by atoms with E-state index < -0.39 is 4.92 Å². The molecule has 0 aromatic heterocycles. The van der Waals surface area contributed by atoms with Crippen molar-refractivity contribution < 1.29 is 9.72 Å². The Bertz CT molecular complexity index is 427. The van der Waals surface area contributed by atoms with Gasteiger partial charge in [-0.3, -0.25) is 14.9 Å². The Labute approximate surface area is 93.6 Å². The van der Waals surface area contributed by atoms with Gasteiger partial charge in [-0.15, -0.1) is 0 Å². The predicted octanol–water partition coefficient (Wildman–Crippen LogP) is 2.68. The van der Waals surface area contributed by atoms with Crippen molar-refractivity contribution in [3.05, 3.63) is 33.9 Å². The Hall–Kier alpha value is -1.91. The first-order valence-electron chi connectivity index (χ1n) is 4.97. The Kier molecular flexibility index (Phi) is 3.60. The minimum atomic E-state index is -0.430. The van der Waals surface area contributed by atoms with Crippen LogP contribution >= 0.6 is 0 Å². The molecule has 16 heavy (non-hydrogen) atoms. The zero-order chi connectivity index (χ0) is 12.3. The van der Waals surface area contributed by atoms with E-state index in [1.54, 1.807) is 12.1 Å². The minimum absolute atomic E-state index is 0.0428. The van der Waals surface area contributed by atoms with Crippen molar-refractivity contribution in [1.82, 2.24) is 0 Å². The zero-order valence-electron chi connectivity index (χ0n) is 9.48. The topological polar surface area (TPSA) is 72.2 Å². The summed E-state index contributed by atoms with van der Waals surface area (Å²) in [6.07, 6.45) is 0. The normalized spacial score (nSPS) is 10.2. The summed E-state index contributed by atoms with van der Waals surface area (Å²) in [7, 11) is 0. The summed E-state index contributed by atoms with van der Waals surface area (Å²) in [5.74, 6) is -0.168. The summed E-state index contributed by atoms with van der Waals surface area (Å²) in [4.78, 5) is 21.3. The van der Waals surface area contributed by atoms with Crippen LogP contribution in [0.3, 0.4) is 0 Å². The largest absolute Gasteiger partial charge is 0.326 e. The first kappa shape index (κ1) is 12.2. The predicted molar refractivity (Wildman–Crippen MR) is 61.5 cm³/mol. The first-order valence-corrected chi connectivity index (χ1v) is 4.97. The smallest absolute Gasteiger partial charge is 0.274 e. The van der Waals surface area contributed by atoms with Crippen molar-refractivity contribution in [3.8, 4) is 0 Å². The van der Waals surface area contributed by atoms with E-state index in [-0.39, 0.29) is 17.5 Å². The first-order chi connectivity index (χ1) is 7.41. The molecule has 86 valence electrons. The van der Waals surface area contributed by atoms with Gasteiger partial charge in [-0.25, -0.2) is 0 Å². The number of nitrogens with zero attached hydrogens (tertiary/aromatic N) is 1. The fourth-order valence-corrected chi connectivity index (χ4v) is 1.47. The summed E-state index contributed by atoms with van der Waals surface area (Å²) in [6, 6.07) is 4.73. The van der Waals surface area contributed by atoms with Gasteiger partial charge in [-0.1, -0.05) is 13.8 Å². The maximum atomic E-state index is 10.9. The maximum absolute atomic E-state index is 10.9. The number of anilines is 1. The van der Waals surface area contributed by atoms with Crippen LogP contribution in [0.2, 0.25) is 0 Å². The Morgan fingerprint density at radius 3 is 2.50 bits per heavy atom. The fourth-order valence-electron chi connectivity index (χ4n) is 1.47. The summed E-state index contributed by atoms with van der Waals surface area (Å²) in [5.41, 5.74) is 1.16. The molecule has 0 unspecified atom stereocenters. The van der Waals surface area contributed by atoms with Crippen LogP contribution in [0, 0.1) is 10.1 Å². The summed E-state index contributed by atoms with van der Waals surface area (Å²) in [5, 5.41) is 13.4. The highest BCUT2D eigenvalue weighted by Crippen LogP contribution is 2.28. The molecule has 1 rings (SSSR count). The molecule has 5 nitrogen and oxygen atoms in total. The summed E-state index contributed by atoms with van der Waals surface area (Å²) >= 11 is 0. The van der Waals surface area contributed by atoms with Crippen LogP contribution in [-0.2, 0) is 4.79 Å². The Morgan fingerprint density at radius 2 is 2.06 bits per heavy atom. The lowest BCUT2D eigenvalue weighted by Crippen LogP contribution is -2.07. The average molecular weight is 222 g/mol. The molecule has 0 saturated heterocycles. The van der Waals surface area contributed by atoms with Gasteiger partial charge in [0.1, 0.15) is 0 Å². The van der Waals surface area contributed by atoms with E-state index in [1.807, 2.05) is 13.8 Å². The molecule has 0 spiro atoms. The van der Waals surface area contributed by atoms with Crippen molar-refractivity contribution in [2.45, 2.75) is 26.7 Å². The molecule has 0 saturated carbocycles. The average Bonchev–Trinajstić information content (AvgIpc) is 2.16. The van der Waals surface area contributed by atoms with Gasteiger partial charge >= 0.3 is 0 Å². The van der Waals surface area contributed by atoms with Crippen molar-refractivity contribution in [3.63, 3.8) is 0 Å². The second-order valence-corrected chi connectivity index (χ2v) is 3.87. The second kappa shape index (κ2) is 4.74. The highest BCUT2D eigenvalue weighted by Gasteiger charge is 2.17. The van der Waals surface area contributed by atoms with Crippen LogP contribution in [0.4, 0.5) is 11.4 Å². The van der Waals surface area contributed by atoms with Crippen molar-refractivity contribution in [2.24, 2.45) is 0 Å². The second-order valence-electron chi connectivity index (χ2n) is 3.87. The van der Waals surface area contributed by atoms with Crippen molar-refractivity contribution in [1.29, 1.82) is 0 Å². The fraction of sp³-hybridized carbons (Fsp3) is 0.364. The third-order valence-corrected chi connectivity index (χ3v) is 2.17. The number of hydrogen-bond donors (Lipinski definition) is 1. The Morgan fingerprint density at radius 1 is 1.44 bits per heavy atom. The molecule has 0 bridgehead atoms. The molecule has 0 aliphatic heterocycles. The standard InChI is InChI=1S/C11H14N2O3/c1-7(2)10-5-4-9(12-8(3)14)6-11(10)13(15)16/h4-7H,1-3H3,(H,12,14). The van der Waals surface area contributed by atoms with Crippen LogP contribution in [0.25, 0.3) is 0 Å². The molecule has 0 radical (unpaired) electrons. The van der Waals surface area contributed by atoms with Gasteiger partial charge in [0.05, 0.1) is 4.92 Å². The molecule has 1 aromatic rings. The zero-order valence-corrected chi connectivity index (χ0v) is 9.48. The van der Waals surface area contributed by atoms with E-state index in [1.165, 1.54) is 13.0 Å². The lowest BCUT2D eigenvalue weighted by molar-refractivity contribution is -0.385. The molecule has 0 fully saturated rings. The number of nitro groups is 1. The molecule has 0 atom stereocenters. The van der Waals surface area contributed by atoms with Crippen LogP contribution in [-0.4, -0.2) is 10.8 Å². The van der Waals surface area contributed by atoms with E-state index in [0.717, 1.165) is 0 Å². The molecular formula is C11H14N2O3. The molecule has 5 heteroatoms. The molecule has 0 aliphatic rings. The highest BCUT2D eigenvalue weighted by atomic mass is 16.6. The molecule has 0 heterocycles. The van der Waals surface area contributed by atoms with E-state index in [0.29, 0.717) is 11.3 Å². The number of amides is 1. The van der Waals surface area contributed by atoms with Crippen molar-refractivity contribution in [2.75, 3.05) is 5.32 Å². The van der Waals surface area contributed by atoms with Crippen molar-refractivity contribution >= 4 is 17.3 Å². The number of carbonyl (C=O) groups is 1. The summed E-state index contributed by atoms with van der Waals surface area (Å²) < 4.78 is 0. The Balaban J connectivity index is 3.17. The van der Waals surface area contributed by atoms with Gasteiger partial charge in [0.15, 0.2) is 0 Å². The third-order valence-electron chi connectivity index (χ3n) is 2.17. The van der Waals surface area contributed by atoms with E-state index in [2.05, 4.69) is 5.32 Å². The van der Waals surface area contributed by atoms with Gasteiger partial charge in [0, 0.05) is 24.2 Å². The van der Waals surface area contributed by atoms with Gasteiger partial charge in [0.2, 0.25) is 5.91 Å². The number of rotatable bonds is 3. The third kappa shape index (κ3) is 2.79. The van der Waals surface area contributed by atoms with Gasteiger partial charge < -0.3 is 5.32 Å². The maximum Gasteiger partial charge on any atom is 0.274 e. The lowest BCUT2D eigenvalue weighted by atomic mass is 10.0. The quantitative estimate of drug-likeness (QED) is 0.631. The van der Waals surface area contributed by atoms with Gasteiger partial charge in [-0.05, 0) is 18.1 Å². The number of hydrogen-bond acceptors (Lipinski definition) is 3. The van der Waals surface area contributed by atoms with Crippen LogP contribution in [0.1, 0.15) is 32.3 Å². The molecule has 1 amide bonds. The number of nitro benzene ring substituents is 1. The minimum Gasteiger partial charge on any atom is -0.326 e. The SMILES string of the molecule is CC(=O)Nc1ccc(C(C)C)c([N+](=O)[O-])c1. The molecular weight excluding hydrogens is 208 g/mol. The van der Waals surface area contributed by atoms with E-state index in [9.17, 15) is 14.9 Å². The van der Waals surface area contributed by atoms with Crippen LogP contribution < -0.4 is 5.32 Å². The number of carbonyl (C=O) groups excluding carboxylic acids is 1.